The van der Waals surface area contributed by atoms with Crippen LogP contribution in [0.1, 0.15) is 49.2 Å². The maximum atomic E-state index is 14.8. The highest BCUT2D eigenvalue weighted by Crippen LogP contribution is 2.39. The van der Waals surface area contributed by atoms with E-state index in [-0.39, 0.29) is 22.5 Å². The van der Waals surface area contributed by atoms with E-state index < -0.39 is 29.1 Å². The Kier molecular flexibility index (Phi) is 11.5. The minimum atomic E-state index is -0.850. The summed E-state index contributed by atoms with van der Waals surface area (Å²) in [5.74, 6) is -1.84. The molecule has 14 heteroatoms. The Labute approximate surface area is 260 Å². The van der Waals surface area contributed by atoms with Gasteiger partial charge in [0.2, 0.25) is 0 Å². The Morgan fingerprint density at radius 2 is 2.14 bits per heavy atom. The molecule has 1 fully saturated rings. The quantitative estimate of drug-likeness (QED) is 0.278. The van der Waals surface area contributed by atoms with Gasteiger partial charge in [-0.15, -0.1) is 0 Å². The molecule has 3 atom stereocenters. The number of carbonyl (C=O) groups excluding carboxylic acids is 1. The second-order valence-electron chi connectivity index (χ2n) is 10.5. The number of ether oxygens (including phenoxy) is 2. The third kappa shape index (κ3) is 8.28. The lowest BCUT2D eigenvalue weighted by Crippen LogP contribution is -2.40. The van der Waals surface area contributed by atoms with Gasteiger partial charge >= 0.3 is 5.97 Å². The fourth-order valence-electron chi connectivity index (χ4n) is 4.95. The van der Waals surface area contributed by atoms with E-state index in [4.69, 9.17) is 26.2 Å². The number of hydrogen-bond donors (Lipinski definition) is 3. The number of thioether (sulfide) groups is 1. The molecular weight excluding hydrogens is 599 g/mol. The van der Waals surface area contributed by atoms with Gasteiger partial charge in [0.25, 0.3) is 5.91 Å². The number of nitrogens with one attached hydrogen (secondary N) is 2. The van der Waals surface area contributed by atoms with Crippen LogP contribution in [0.25, 0.3) is 5.70 Å². The Balaban J connectivity index is 1.47. The number of rotatable bonds is 14. The number of carboxylic acids is 1. The molecule has 2 aliphatic rings. The highest BCUT2D eigenvalue weighted by Gasteiger charge is 2.32. The number of likely N-dealkylation sites (tertiary alicyclic amines) is 1. The standard InChI is InChI=1S/C29H38ClFN6O5S/c1-5-42-16-19-7-6-9-37(19)15-23-25(18-11-20(30)26(41-4)21(31)12-18)34-29(43-23)35-27(38)22-13-33-24(14-32-22)36(3)10-8-17(2)28(39)40/h11-14,17,19,29,34H,5-10,15-16H2,1-4H3,(H,35,38)(H,39,40). The predicted octanol–water partition coefficient (Wildman–Crippen LogP) is 4.04. The summed E-state index contributed by atoms with van der Waals surface area (Å²) in [6, 6.07) is 3.30. The van der Waals surface area contributed by atoms with Crippen LogP contribution in [0, 0.1) is 11.7 Å². The molecule has 3 unspecified atom stereocenters. The van der Waals surface area contributed by atoms with Crippen LogP contribution in [0.4, 0.5) is 10.2 Å². The summed E-state index contributed by atoms with van der Waals surface area (Å²) < 4.78 is 25.6. The molecule has 0 radical (unpaired) electrons. The molecule has 43 heavy (non-hydrogen) atoms. The summed E-state index contributed by atoms with van der Waals surface area (Å²) in [5, 5.41) is 15.5. The highest BCUT2D eigenvalue weighted by molar-refractivity contribution is 8.04. The van der Waals surface area contributed by atoms with E-state index >= 15 is 0 Å². The van der Waals surface area contributed by atoms with Crippen molar-refractivity contribution in [2.75, 3.05) is 51.9 Å². The van der Waals surface area contributed by atoms with Crippen molar-refractivity contribution in [1.82, 2.24) is 25.5 Å². The maximum absolute atomic E-state index is 14.8. The lowest BCUT2D eigenvalue weighted by Gasteiger charge is -2.25. The van der Waals surface area contributed by atoms with Gasteiger partial charge in [-0.25, -0.2) is 14.4 Å². The highest BCUT2D eigenvalue weighted by atomic mass is 35.5. The third-order valence-electron chi connectivity index (χ3n) is 7.51. The molecule has 2 aliphatic heterocycles. The molecule has 1 saturated heterocycles. The fourth-order valence-corrected chi connectivity index (χ4v) is 6.40. The van der Waals surface area contributed by atoms with E-state index in [1.165, 1.54) is 37.3 Å². The normalized spacial score (nSPS) is 19.3. The summed E-state index contributed by atoms with van der Waals surface area (Å²) in [7, 11) is 3.16. The molecule has 11 nitrogen and oxygen atoms in total. The average molecular weight is 637 g/mol. The molecule has 234 valence electrons. The maximum Gasteiger partial charge on any atom is 0.306 e. The van der Waals surface area contributed by atoms with Crippen LogP contribution < -0.4 is 20.3 Å². The van der Waals surface area contributed by atoms with Crippen molar-refractivity contribution in [3.63, 3.8) is 0 Å². The second-order valence-corrected chi connectivity index (χ2v) is 12.1. The molecule has 0 saturated carbocycles. The number of amides is 1. The van der Waals surface area contributed by atoms with Crippen molar-refractivity contribution >= 4 is 46.8 Å². The molecule has 1 aromatic heterocycles. The predicted molar refractivity (Wildman–Crippen MR) is 165 cm³/mol. The average Bonchev–Trinajstić information content (AvgIpc) is 3.60. The van der Waals surface area contributed by atoms with Gasteiger partial charge in [-0.05, 0) is 44.9 Å². The number of carboxylic acid groups (broad SMARTS) is 1. The second kappa shape index (κ2) is 15.0. The van der Waals surface area contributed by atoms with E-state index in [2.05, 4.69) is 25.5 Å². The van der Waals surface area contributed by atoms with Crippen molar-refractivity contribution in [3.8, 4) is 5.75 Å². The molecule has 2 aromatic rings. The van der Waals surface area contributed by atoms with Gasteiger partial charge in [0.05, 0.1) is 42.7 Å². The van der Waals surface area contributed by atoms with Gasteiger partial charge < -0.3 is 30.1 Å². The van der Waals surface area contributed by atoms with Crippen LogP contribution in [0.5, 0.6) is 5.75 Å². The number of hydrogen-bond acceptors (Lipinski definition) is 10. The van der Waals surface area contributed by atoms with Crippen molar-refractivity contribution < 1.29 is 28.6 Å². The summed E-state index contributed by atoms with van der Waals surface area (Å²) in [4.78, 5) is 37.9. The molecule has 0 bridgehead atoms. The van der Waals surface area contributed by atoms with Gasteiger partial charge in [0, 0.05) is 43.3 Å². The Morgan fingerprint density at radius 1 is 1.35 bits per heavy atom. The minimum absolute atomic E-state index is 0.0246. The van der Waals surface area contributed by atoms with Gasteiger partial charge in [-0.1, -0.05) is 30.3 Å². The van der Waals surface area contributed by atoms with Crippen LogP contribution in [-0.2, 0) is 9.53 Å². The van der Waals surface area contributed by atoms with Crippen molar-refractivity contribution in [2.45, 2.75) is 44.6 Å². The van der Waals surface area contributed by atoms with Gasteiger partial charge in [0.15, 0.2) is 17.1 Å². The zero-order valence-corrected chi connectivity index (χ0v) is 26.3. The lowest BCUT2D eigenvalue weighted by atomic mass is 10.1. The van der Waals surface area contributed by atoms with Gasteiger partial charge in [0.1, 0.15) is 11.5 Å². The third-order valence-corrected chi connectivity index (χ3v) is 8.88. The largest absolute Gasteiger partial charge is 0.492 e. The molecule has 3 heterocycles. The van der Waals surface area contributed by atoms with Crippen molar-refractivity contribution in [2.24, 2.45) is 5.92 Å². The topological polar surface area (TPSA) is 129 Å². The molecule has 0 spiro atoms. The number of nitrogens with zero attached hydrogens (tertiary/aromatic N) is 4. The first-order valence-electron chi connectivity index (χ1n) is 14.2. The molecule has 4 rings (SSSR count). The van der Waals surface area contributed by atoms with Crippen molar-refractivity contribution in [1.29, 1.82) is 0 Å². The smallest absolute Gasteiger partial charge is 0.306 e. The first-order chi connectivity index (χ1) is 20.6. The minimum Gasteiger partial charge on any atom is -0.492 e. The summed E-state index contributed by atoms with van der Waals surface area (Å²) >= 11 is 7.78. The number of aliphatic carboxylic acids is 1. The van der Waals surface area contributed by atoms with E-state index in [0.29, 0.717) is 49.8 Å². The number of carbonyl (C=O) groups is 2. The van der Waals surface area contributed by atoms with E-state index in [0.717, 1.165) is 24.3 Å². The van der Waals surface area contributed by atoms with Crippen LogP contribution in [-0.4, -0.2) is 90.4 Å². The van der Waals surface area contributed by atoms with Crippen LogP contribution >= 0.6 is 23.4 Å². The molecule has 3 N–H and O–H groups in total. The van der Waals surface area contributed by atoms with Gasteiger partial charge in [-0.2, -0.15) is 0 Å². The van der Waals surface area contributed by atoms with E-state index in [9.17, 15) is 14.0 Å². The van der Waals surface area contributed by atoms with Gasteiger partial charge in [-0.3, -0.25) is 14.5 Å². The number of methoxy groups -OCH3 is 1. The molecular formula is C29H38ClFN6O5S. The Hall–Kier alpha value is -3.13. The Morgan fingerprint density at radius 3 is 2.79 bits per heavy atom. The SMILES string of the molecule is CCOCC1CCCN1CC1=C(c2cc(F)c(OC)c(Cl)c2)NC(NC(=O)c2cnc(N(C)CCC(C)C(=O)O)cn2)S1. The lowest BCUT2D eigenvalue weighted by molar-refractivity contribution is -0.141. The zero-order chi connectivity index (χ0) is 31.1. The number of halogens is 2. The first-order valence-corrected chi connectivity index (χ1v) is 15.4. The summed E-state index contributed by atoms with van der Waals surface area (Å²) in [5.41, 5.74) is 0.811. The molecule has 1 aromatic carbocycles. The summed E-state index contributed by atoms with van der Waals surface area (Å²) in [6.45, 7) is 6.91. The van der Waals surface area contributed by atoms with Crippen molar-refractivity contribution in [3.05, 3.63) is 51.5 Å². The van der Waals surface area contributed by atoms with E-state index in [1.807, 2.05) is 6.92 Å². The zero-order valence-electron chi connectivity index (χ0n) is 24.7. The molecule has 1 amide bonds. The number of benzene rings is 1. The fraction of sp³-hybridized carbons (Fsp3) is 0.517. The number of anilines is 1. The monoisotopic (exact) mass is 636 g/mol. The molecule has 0 aliphatic carbocycles. The van der Waals surface area contributed by atoms with Crippen LogP contribution in [0.15, 0.2) is 29.4 Å². The van der Waals surface area contributed by atoms with Crippen LogP contribution in [0.2, 0.25) is 5.02 Å². The first kappa shape index (κ1) is 32.8. The van der Waals surface area contributed by atoms with E-state index in [1.54, 1.807) is 24.9 Å². The summed E-state index contributed by atoms with van der Waals surface area (Å²) in [6.07, 6.45) is 5.41. The van der Waals surface area contributed by atoms with Crippen LogP contribution in [0.3, 0.4) is 0 Å². The Bertz CT molecular complexity index is 1310. The number of aromatic nitrogens is 2.